The number of fused-ring (bicyclic) bond motifs is 1. The molecule has 0 unspecified atom stereocenters. The van der Waals surface area contributed by atoms with Gasteiger partial charge in [-0.1, -0.05) is 19.9 Å². The van der Waals surface area contributed by atoms with Crippen LogP contribution in [0.5, 0.6) is 0 Å². The van der Waals surface area contributed by atoms with Gasteiger partial charge >= 0.3 is 0 Å². The average Bonchev–Trinajstić information content (AvgIpc) is 2.61. The van der Waals surface area contributed by atoms with Gasteiger partial charge in [-0.15, -0.1) is 0 Å². The summed E-state index contributed by atoms with van der Waals surface area (Å²) in [4.78, 5) is 7.80. The largest absolute Gasteiger partial charge is 0.396 e. The highest BCUT2D eigenvalue weighted by Gasteiger charge is 2.06. The van der Waals surface area contributed by atoms with Crippen LogP contribution in [0.15, 0.2) is 18.2 Å². The first-order valence-corrected chi connectivity index (χ1v) is 5.30. The van der Waals surface area contributed by atoms with Crippen molar-refractivity contribution in [1.82, 2.24) is 9.97 Å². The summed E-state index contributed by atoms with van der Waals surface area (Å²) in [6.07, 6.45) is 0.700. The number of hydrogen-bond donors (Lipinski definition) is 2. The SMILES string of the molecule is CC(C)c1nc2ccc(CCO)cc2[nH]1. The molecule has 0 atom stereocenters. The van der Waals surface area contributed by atoms with E-state index in [1.165, 1.54) is 0 Å². The third kappa shape index (κ3) is 2.02. The maximum absolute atomic E-state index is 8.86. The van der Waals surface area contributed by atoms with Gasteiger partial charge in [0, 0.05) is 12.5 Å². The lowest BCUT2D eigenvalue weighted by Gasteiger charge is -1.97. The zero-order valence-corrected chi connectivity index (χ0v) is 9.12. The lowest BCUT2D eigenvalue weighted by molar-refractivity contribution is 0.299. The van der Waals surface area contributed by atoms with Crippen molar-refractivity contribution < 1.29 is 5.11 Å². The minimum atomic E-state index is 0.191. The second-order valence-electron chi connectivity index (χ2n) is 4.10. The lowest BCUT2D eigenvalue weighted by atomic mass is 10.1. The van der Waals surface area contributed by atoms with Crippen LogP contribution >= 0.6 is 0 Å². The van der Waals surface area contributed by atoms with Gasteiger partial charge in [0.2, 0.25) is 0 Å². The van der Waals surface area contributed by atoms with Crippen LogP contribution in [-0.2, 0) is 6.42 Å². The fourth-order valence-electron chi connectivity index (χ4n) is 1.63. The summed E-state index contributed by atoms with van der Waals surface area (Å²) in [5.41, 5.74) is 3.20. The number of imidazole rings is 1. The molecule has 0 saturated carbocycles. The molecule has 0 spiro atoms. The normalized spacial score (nSPS) is 11.5. The summed E-state index contributed by atoms with van der Waals surface area (Å²) in [5.74, 6) is 1.44. The summed E-state index contributed by atoms with van der Waals surface area (Å²) >= 11 is 0. The van der Waals surface area contributed by atoms with Gasteiger partial charge < -0.3 is 10.1 Å². The molecule has 80 valence electrons. The number of aliphatic hydroxyl groups is 1. The van der Waals surface area contributed by atoms with Crippen molar-refractivity contribution in [2.24, 2.45) is 0 Å². The molecule has 2 rings (SSSR count). The summed E-state index contributed by atoms with van der Waals surface area (Å²) in [6.45, 7) is 4.43. The van der Waals surface area contributed by atoms with Gasteiger partial charge in [0.05, 0.1) is 11.0 Å². The van der Waals surface area contributed by atoms with E-state index in [-0.39, 0.29) is 6.61 Å². The number of aliphatic hydroxyl groups excluding tert-OH is 1. The molecule has 0 aliphatic rings. The fourth-order valence-corrected chi connectivity index (χ4v) is 1.63. The monoisotopic (exact) mass is 204 g/mol. The first-order valence-electron chi connectivity index (χ1n) is 5.30. The number of nitrogens with zero attached hydrogens (tertiary/aromatic N) is 1. The maximum Gasteiger partial charge on any atom is 0.109 e. The molecule has 2 N–H and O–H groups in total. The van der Waals surface area contributed by atoms with Crippen LogP contribution in [0.1, 0.15) is 31.2 Å². The van der Waals surface area contributed by atoms with Crippen molar-refractivity contribution in [2.45, 2.75) is 26.2 Å². The van der Waals surface area contributed by atoms with Gasteiger partial charge in [-0.05, 0) is 24.1 Å². The summed E-state index contributed by atoms with van der Waals surface area (Å²) in [5, 5.41) is 8.86. The molecule has 1 aromatic heterocycles. The average molecular weight is 204 g/mol. The van der Waals surface area contributed by atoms with Crippen LogP contribution in [0.3, 0.4) is 0 Å². The third-order valence-electron chi connectivity index (χ3n) is 2.51. The van der Waals surface area contributed by atoms with E-state index < -0.39 is 0 Å². The van der Waals surface area contributed by atoms with Crippen LogP contribution in [0.4, 0.5) is 0 Å². The minimum absolute atomic E-state index is 0.191. The maximum atomic E-state index is 8.86. The number of aromatic nitrogens is 2. The number of hydrogen-bond acceptors (Lipinski definition) is 2. The molecule has 0 amide bonds. The first kappa shape index (κ1) is 10.2. The molecule has 0 saturated heterocycles. The van der Waals surface area contributed by atoms with Crippen LogP contribution in [0, 0.1) is 0 Å². The highest BCUT2D eigenvalue weighted by Crippen LogP contribution is 2.18. The lowest BCUT2D eigenvalue weighted by Crippen LogP contribution is -1.89. The van der Waals surface area contributed by atoms with Crippen molar-refractivity contribution >= 4 is 11.0 Å². The summed E-state index contributed by atoms with van der Waals surface area (Å²) < 4.78 is 0. The number of aromatic amines is 1. The molecule has 2 aromatic rings. The zero-order chi connectivity index (χ0) is 10.8. The molecule has 1 heterocycles. The highest BCUT2D eigenvalue weighted by atomic mass is 16.2. The van der Waals surface area contributed by atoms with Crippen LogP contribution < -0.4 is 0 Å². The van der Waals surface area contributed by atoms with Gasteiger partial charge in [0.25, 0.3) is 0 Å². The standard InChI is InChI=1S/C12H16N2O/c1-8(2)12-13-10-4-3-9(5-6-15)7-11(10)14-12/h3-4,7-8,15H,5-6H2,1-2H3,(H,13,14). The molecule has 1 aromatic carbocycles. The summed E-state index contributed by atoms with van der Waals surface area (Å²) in [6, 6.07) is 6.08. The van der Waals surface area contributed by atoms with E-state index >= 15 is 0 Å². The van der Waals surface area contributed by atoms with Gasteiger partial charge in [0.1, 0.15) is 5.82 Å². The molecule has 0 aliphatic carbocycles. The molecular weight excluding hydrogens is 188 g/mol. The van der Waals surface area contributed by atoms with E-state index in [0.717, 1.165) is 22.4 Å². The quantitative estimate of drug-likeness (QED) is 0.805. The third-order valence-corrected chi connectivity index (χ3v) is 2.51. The number of rotatable bonds is 3. The Labute approximate surface area is 89.2 Å². The van der Waals surface area contributed by atoms with Gasteiger partial charge in [-0.2, -0.15) is 0 Å². The van der Waals surface area contributed by atoms with Crippen molar-refractivity contribution in [1.29, 1.82) is 0 Å². The highest BCUT2D eigenvalue weighted by molar-refractivity contribution is 5.76. The van der Waals surface area contributed by atoms with Gasteiger partial charge in [-0.3, -0.25) is 0 Å². The predicted octanol–water partition coefficient (Wildman–Crippen LogP) is 2.22. The Balaban J connectivity index is 2.43. The van der Waals surface area contributed by atoms with E-state index in [1.807, 2.05) is 12.1 Å². The predicted molar refractivity (Wildman–Crippen MR) is 61.0 cm³/mol. The molecule has 15 heavy (non-hydrogen) atoms. The molecule has 0 radical (unpaired) electrons. The van der Waals surface area contributed by atoms with Gasteiger partial charge in [0.15, 0.2) is 0 Å². The van der Waals surface area contributed by atoms with Gasteiger partial charge in [-0.25, -0.2) is 4.98 Å². The van der Waals surface area contributed by atoms with Crippen LogP contribution in [-0.4, -0.2) is 21.7 Å². The van der Waals surface area contributed by atoms with E-state index in [0.29, 0.717) is 12.3 Å². The molecule has 0 fully saturated rings. The van der Waals surface area contributed by atoms with Crippen molar-refractivity contribution in [3.05, 3.63) is 29.6 Å². The minimum Gasteiger partial charge on any atom is -0.396 e. The van der Waals surface area contributed by atoms with Crippen molar-refractivity contribution in [2.75, 3.05) is 6.61 Å². The van der Waals surface area contributed by atoms with Crippen molar-refractivity contribution in [3.8, 4) is 0 Å². The second kappa shape index (κ2) is 4.03. The van der Waals surface area contributed by atoms with Crippen LogP contribution in [0.2, 0.25) is 0 Å². The molecule has 3 heteroatoms. The Morgan fingerprint density at radius 2 is 2.20 bits per heavy atom. The zero-order valence-electron chi connectivity index (χ0n) is 9.12. The molecule has 0 bridgehead atoms. The Morgan fingerprint density at radius 1 is 1.40 bits per heavy atom. The van der Waals surface area contributed by atoms with E-state index in [1.54, 1.807) is 0 Å². The van der Waals surface area contributed by atoms with E-state index in [9.17, 15) is 0 Å². The number of benzene rings is 1. The molecular formula is C12H16N2O. The van der Waals surface area contributed by atoms with E-state index in [2.05, 4.69) is 29.9 Å². The Bertz CT molecular complexity index is 460. The topological polar surface area (TPSA) is 48.9 Å². The Hall–Kier alpha value is -1.35. The van der Waals surface area contributed by atoms with Crippen molar-refractivity contribution in [3.63, 3.8) is 0 Å². The Morgan fingerprint density at radius 3 is 2.87 bits per heavy atom. The Kier molecular flexibility index (Phi) is 2.73. The number of H-pyrrole nitrogens is 1. The molecule has 0 aliphatic heterocycles. The first-order chi connectivity index (χ1) is 7.20. The number of nitrogens with one attached hydrogen (secondary N) is 1. The molecule has 3 nitrogen and oxygen atoms in total. The van der Waals surface area contributed by atoms with Crippen LogP contribution in [0.25, 0.3) is 11.0 Å². The second-order valence-corrected chi connectivity index (χ2v) is 4.10. The van der Waals surface area contributed by atoms with E-state index in [4.69, 9.17) is 5.11 Å². The smallest absolute Gasteiger partial charge is 0.109 e. The fraction of sp³-hybridized carbons (Fsp3) is 0.417. The summed E-state index contributed by atoms with van der Waals surface area (Å²) in [7, 11) is 0.